The van der Waals surface area contributed by atoms with Gasteiger partial charge in [-0.25, -0.2) is 0 Å². The molecule has 6 aliphatic heterocycles. The Hall–Kier alpha value is 1.86. The molecule has 24 heteroatoms. The van der Waals surface area contributed by atoms with Crippen LogP contribution in [0, 0.1) is 0 Å². The predicted octanol–water partition coefficient (Wildman–Crippen LogP) is 13.1. The lowest BCUT2D eigenvalue weighted by Crippen LogP contribution is -2.22. The Morgan fingerprint density at radius 2 is 0.492 bits per heavy atom. The van der Waals surface area contributed by atoms with Gasteiger partial charge in [0.05, 0.1) is 114 Å². The molecule has 0 bridgehead atoms. The van der Waals surface area contributed by atoms with Crippen molar-refractivity contribution in [1.29, 1.82) is 0 Å². The molecule has 0 spiro atoms. The molecule has 0 aromatic carbocycles. The number of hydrogen-bond acceptors (Lipinski definition) is 18. The van der Waals surface area contributed by atoms with Gasteiger partial charge in [-0.05, 0) is 111 Å². The minimum Gasteiger partial charge on any atom is -0.313 e. The van der Waals surface area contributed by atoms with Gasteiger partial charge in [-0.1, -0.05) is 7.43 Å². The molecule has 0 saturated carbocycles. The molecule has 0 aromatic heterocycles. The number of hydrogen-bond donors (Lipinski definition) is 0. The molecule has 6 rings (SSSR count). The number of rotatable bonds is 12. The first-order valence-electron chi connectivity index (χ1n) is 21.1. The lowest BCUT2D eigenvalue weighted by molar-refractivity contribution is 0.0332. The molecule has 2 unspecified atom stereocenters. The highest BCUT2D eigenvalue weighted by atomic mass is 31.2. The third-order valence-corrected chi connectivity index (χ3v) is 16.5. The summed E-state index contributed by atoms with van der Waals surface area (Å²) in [6.45, 7) is 37.1. The van der Waals surface area contributed by atoms with Crippen LogP contribution in [0.25, 0.3) is 0 Å². The fraction of sp³-hybridized carbons (Fsp3) is 1.00. The van der Waals surface area contributed by atoms with Crippen molar-refractivity contribution in [2.75, 3.05) is 52.9 Å². The minimum atomic E-state index is -1.05. The minimum absolute atomic E-state index is 0. The van der Waals surface area contributed by atoms with Crippen molar-refractivity contribution in [1.82, 2.24) is 0 Å². The zero-order chi connectivity index (χ0) is 45.0. The summed E-state index contributed by atoms with van der Waals surface area (Å²) in [5.41, 5.74) is 0. The summed E-state index contributed by atoms with van der Waals surface area (Å²) in [5, 5.41) is 0. The van der Waals surface area contributed by atoms with E-state index in [1.165, 1.54) is 0 Å². The molecule has 0 aliphatic carbocycles. The molecule has 6 heterocycles. The molecule has 368 valence electrons. The standard InChI is InChI=1S/2C7H15O3P.3C6H13O3P.C4H9O3P.CH4/c2*1-4-8-11-9-6(2)5-7(3)10-11;3*1-4-7-10-8-5(2)6(3)9-10;1-2-5-8-6-3-4-7-8;/h2*6-7H,4-5H2,1-3H3;3*5-6H,4H2,1-3H3;2-4H2,1H3;1H4/t2*6-,7-;2*5-,6-;;;/m1010.../s1. The van der Waals surface area contributed by atoms with Crippen LogP contribution in [0.2, 0.25) is 0 Å². The first-order valence-corrected chi connectivity index (χ1v) is 27.7. The second-order valence-electron chi connectivity index (χ2n) is 13.5. The third-order valence-electron chi connectivity index (χ3n) is 7.77. The molecule has 6 fully saturated rings. The molecule has 6 saturated heterocycles. The SMILES string of the molecule is C.CCOP1OC(C)C(C)O1.CCOP1OCCO1.CCOP1O[C@@H](C)C[C@H](C)O1.CCOP1O[C@@H](C)[C@H](C)O1.CCOP1O[C@H](C)C[C@@H](C)O1.CCOP1O[C@H](C)[C@@H](C)O1. The van der Waals surface area contributed by atoms with Crippen molar-refractivity contribution in [3.8, 4) is 0 Å². The first-order chi connectivity index (χ1) is 28.6. The van der Waals surface area contributed by atoms with E-state index in [-0.39, 0.29) is 68.5 Å². The van der Waals surface area contributed by atoms with E-state index >= 15 is 0 Å². The second kappa shape index (κ2) is 37.8. The summed E-state index contributed by atoms with van der Waals surface area (Å²) in [5.74, 6) is 0. The fourth-order valence-electron chi connectivity index (χ4n) is 4.42. The van der Waals surface area contributed by atoms with Gasteiger partial charge in [0.1, 0.15) is 0 Å². The Kier molecular flexibility index (Phi) is 38.9. The molecule has 0 amide bonds. The lowest BCUT2D eigenvalue weighted by atomic mass is 10.2. The molecule has 10 atom stereocenters. The van der Waals surface area contributed by atoms with Gasteiger partial charge >= 0.3 is 51.6 Å². The molecule has 18 nitrogen and oxygen atoms in total. The van der Waals surface area contributed by atoms with Gasteiger partial charge in [-0.2, -0.15) is 0 Å². The summed E-state index contributed by atoms with van der Waals surface area (Å²) >= 11 is 0. The van der Waals surface area contributed by atoms with Crippen LogP contribution in [0.1, 0.15) is 131 Å². The van der Waals surface area contributed by atoms with Crippen molar-refractivity contribution in [3.63, 3.8) is 0 Å². The summed E-state index contributed by atoms with van der Waals surface area (Å²) in [4.78, 5) is 0. The summed E-state index contributed by atoms with van der Waals surface area (Å²) < 4.78 is 94.7. The summed E-state index contributed by atoms with van der Waals surface area (Å²) in [6.07, 6.45) is 4.10. The van der Waals surface area contributed by atoms with E-state index in [1.807, 2.05) is 111 Å². The average Bonchev–Trinajstić information content (AvgIpc) is 3.95. The predicted molar refractivity (Wildman–Crippen MR) is 245 cm³/mol. The molecule has 0 radical (unpaired) electrons. The van der Waals surface area contributed by atoms with Crippen LogP contribution in [-0.2, 0) is 81.4 Å². The van der Waals surface area contributed by atoms with Crippen LogP contribution >= 0.6 is 51.6 Å². The van der Waals surface area contributed by atoms with Crippen molar-refractivity contribution in [2.24, 2.45) is 0 Å². The molecule has 61 heavy (non-hydrogen) atoms. The molecule has 0 aromatic rings. The van der Waals surface area contributed by atoms with Crippen molar-refractivity contribution >= 4 is 51.6 Å². The van der Waals surface area contributed by atoms with Crippen LogP contribution in [0.5, 0.6) is 0 Å². The Labute approximate surface area is 376 Å². The zero-order valence-corrected chi connectivity index (χ0v) is 44.2. The van der Waals surface area contributed by atoms with Gasteiger partial charge in [-0.15, -0.1) is 0 Å². The molecular weight excluding hydrogens is 918 g/mol. The monoisotopic (exact) mass is 1000 g/mol. The van der Waals surface area contributed by atoms with Crippen LogP contribution in [0.15, 0.2) is 0 Å². The first kappa shape index (κ1) is 62.9. The molecule has 6 aliphatic rings. The maximum atomic E-state index is 5.42. The van der Waals surface area contributed by atoms with E-state index in [0.29, 0.717) is 52.9 Å². The molecule has 0 N–H and O–H groups in total. The van der Waals surface area contributed by atoms with Crippen molar-refractivity contribution in [3.05, 3.63) is 0 Å². The van der Waals surface area contributed by atoms with E-state index in [1.54, 1.807) is 0 Å². The summed E-state index contributed by atoms with van der Waals surface area (Å²) in [6, 6.07) is 0. The Morgan fingerprint density at radius 1 is 0.311 bits per heavy atom. The zero-order valence-electron chi connectivity index (χ0n) is 38.9. The Morgan fingerprint density at radius 3 is 0.689 bits per heavy atom. The topological polar surface area (TPSA) is 166 Å². The smallest absolute Gasteiger partial charge is 0.313 e. The van der Waals surface area contributed by atoms with Crippen LogP contribution in [-0.4, -0.2) is 114 Å². The highest BCUT2D eigenvalue weighted by Gasteiger charge is 2.33. The van der Waals surface area contributed by atoms with E-state index in [2.05, 4.69) is 0 Å². The van der Waals surface area contributed by atoms with Crippen LogP contribution in [0.3, 0.4) is 0 Å². The van der Waals surface area contributed by atoms with Crippen LogP contribution < -0.4 is 0 Å². The van der Waals surface area contributed by atoms with Gasteiger partial charge in [0, 0.05) is 12.8 Å². The third kappa shape index (κ3) is 29.4. The normalized spacial score (nSPS) is 35.1. The maximum Gasteiger partial charge on any atom is 0.333 e. The Bertz CT molecular complexity index is 882. The highest BCUT2D eigenvalue weighted by Crippen LogP contribution is 2.51. The van der Waals surface area contributed by atoms with Crippen molar-refractivity contribution in [2.45, 2.75) is 192 Å². The van der Waals surface area contributed by atoms with Crippen molar-refractivity contribution < 1.29 is 81.4 Å². The summed E-state index contributed by atoms with van der Waals surface area (Å²) in [7, 11) is -6.12. The van der Waals surface area contributed by atoms with Gasteiger partial charge < -0.3 is 81.4 Å². The van der Waals surface area contributed by atoms with Gasteiger partial charge in [0.25, 0.3) is 0 Å². The van der Waals surface area contributed by atoms with Gasteiger partial charge in [0.2, 0.25) is 0 Å². The lowest BCUT2D eigenvalue weighted by Gasteiger charge is -2.29. The van der Waals surface area contributed by atoms with E-state index in [0.717, 1.165) is 12.8 Å². The van der Waals surface area contributed by atoms with E-state index in [9.17, 15) is 0 Å². The largest absolute Gasteiger partial charge is 0.333 e. The van der Waals surface area contributed by atoms with E-state index < -0.39 is 51.6 Å². The fourth-order valence-corrected chi connectivity index (χ4v) is 11.4. The highest BCUT2D eigenvalue weighted by molar-refractivity contribution is 7.43. The average molecular weight is 1000 g/mol. The quantitative estimate of drug-likeness (QED) is 0.169. The molecular formula is C37H82O18P6. The Balaban J connectivity index is 0.000000708. The second-order valence-corrected chi connectivity index (χ2v) is 20.4. The van der Waals surface area contributed by atoms with Crippen LogP contribution in [0.4, 0.5) is 0 Å². The van der Waals surface area contributed by atoms with E-state index in [4.69, 9.17) is 81.4 Å². The van der Waals surface area contributed by atoms with Gasteiger partial charge in [0.15, 0.2) is 0 Å². The maximum absolute atomic E-state index is 5.42. The van der Waals surface area contributed by atoms with Gasteiger partial charge in [-0.3, -0.25) is 0 Å².